The first kappa shape index (κ1) is 14.8. The summed E-state index contributed by atoms with van der Waals surface area (Å²) in [7, 11) is 0. The lowest BCUT2D eigenvalue weighted by molar-refractivity contribution is -0.126. The first-order chi connectivity index (χ1) is 11.7. The molecule has 1 fully saturated rings. The normalized spacial score (nSPS) is 19.4. The molecule has 4 rings (SSSR count). The number of hydrogen-bond donors (Lipinski definition) is 0. The summed E-state index contributed by atoms with van der Waals surface area (Å²) in [4.78, 5) is 14.4. The van der Waals surface area contributed by atoms with Crippen LogP contribution in [0.2, 0.25) is 0 Å². The average Bonchev–Trinajstić information content (AvgIpc) is 3.31. The number of rotatable bonds is 3. The molecule has 0 N–H and O–H groups in total. The quantitative estimate of drug-likeness (QED) is 0.811. The van der Waals surface area contributed by atoms with E-state index in [1.807, 2.05) is 36.1 Å². The summed E-state index contributed by atoms with van der Waals surface area (Å²) in [5, 5.41) is 4.06. The first-order valence-corrected chi connectivity index (χ1v) is 8.02. The van der Waals surface area contributed by atoms with Crippen molar-refractivity contribution in [2.24, 2.45) is 0 Å². The third kappa shape index (κ3) is 2.75. The minimum absolute atomic E-state index is 0.00338. The van der Waals surface area contributed by atoms with Gasteiger partial charge in [0.05, 0.1) is 6.04 Å². The lowest BCUT2D eigenvalue weighted by Gasteiger charge is -2.21. The molecule has 1 amide bonds. The molecule has 2 aliphatic rings. The number of hydrogen-bond acceptors (Lipinski definition) is 5. The summed E-state index contributed by atoms with van der Waals surface area (Å²) in [6, 6.07) is 7.52. The van der Waals surface area contributed by atoms with Crippen LogP contribution in [0.25, 0.3) is 6.08 Å². The van der Waals surface area contributed by atoms with Crippen molar-refractivity contribution < 1.29 is 18.8 Å². The van der Waals surface area contributed by atoms with Crippen molar-refractivity contribution in [1.82, 2.24) is 10.1 Å². The Morgan fingerprint density at radius 1 is 1.29 bits per heavy atom. The van der Waals surface area contributed by atoms with E-state index < -0.39 is 0 Å². The van der Waals surface area contributed by atoms with E-state index >= 15 is 0 Å². The summed E-state index contributed by atoms with van der Waals surface area (Å²) in [5.41, 5.74) is 1.73. The smallest absolute Gasteiger partial charge is 0.247 e. The van der Waals surface area contributed by atoms with Crippen LogP contribution in [0.4, 0.5) is 0 Å². The van der Waals surface area contributed by atoms with E-state index in [2.05, 4.69) is 5.16 Å². The Bertz CT molecular complexity index is 796. The summed E-state index contributed by atoms with van der Waals surface area (Å²) < 4.78 is 15.8. The zero-order valence-corrected chi connectivity index (χ0v) is 13.4. The molecule has 0 aliphatic carbocycles. The van der Waals surface area contributed by atoms with Gasteiger partial charge in [0.1, 0.15) is 11.5 Å². The number of nitrogens with zero attached hydrogens (tertiary/aromatic N) is 2. The molecule has 0 bridgehead atoms. The van der Waals surface area contributed by atoms with E-state index in [1.54, 1.807) is 12.2 Å². The van der Waals surface area contributed by atoms with Crippen molar-refractivity contribution in [2.75, 3.05) is 13.3 Å². The van der Waals surface area contributed by atoms with E-state index in [9.17, 15) is 4.79 Å². The first-order valence-electron chi connectivity index (χ1n) is 8.02. The number of carbonyl (C=O) groups excluding carboxylic acids is 1. The molecule has 6 nitrogen and oxygen atoms in total. The Morgan fingerprint density at radius 2 is 2.17 bits per heavy atom. The fraction of sp³-hybridized carbons (Fsp3) is 0.333. The molecule has 0 saturated carbocycles. The zero-order valence-electron chi connectivity index (χ0n) is 13.4. The maximum Gasteiger partial charge on any atom is 0.247 e. The van der Waals surface area contributed by atoms with Crippen LogP contribution < -0.4 is 9.47 Å². The number of carbonyl (C=O) groups is 1. The van der Waals surface area contributed by atoms with Crippen molar-refractivity contribution in [3.8, 4) is 11.5 Å². The maximum atomic E-state index is 12.6. The molecule has 1 saturated heterocycles. The SMILES string of the molecule is Cc1cc([C@H]2CCCN2C(=O)/C=C\c2ccc3c(c2)OCO3)no1. The van der Waals surface area contributed by atoms with Crippen molar-refractivity contribution in [3.05, 3.63) is 47.4 Å². The molecule has 2 aliphatic heterocycles. The predicted octanol–water partition coefficient (Wildman–Crippen LogP) is 3.09. The number of amides is 1. The second kappa shape index (κ2) is 6.03. The Morgan fingerprint density at radius 3 is 3.00 bits per heavy atom. The van der Waals surface area contributed by atoms with Crippen LogP contribution in [0, 0.1) is 6.92 Å². The van der Waals surface area contributed by atoms with Crippen LogP contribution >= 0.6 is 0 Å². The topological polar surface area (TPSA) is 64.8 Å². The van der Waals surface area contributed by atoms with Gasteiger partial charge in [-0.3, -0.25) is 4.79 Å². The Hall–Kier alpha value is -2.76. The summed E-state index contributed by atoms with van der Waals surface area (Å²) >= 11 is 0. The van der Waals surface area contributed by atoms with E-state index in [0.717, 1.165) is 42.2 Å². The van der Waals surface area contributed by atoms with Gasteiger partial charge >= 0.3 is 0 Å². The summed E-state index contributed by atoms with van der Waals surface area (Å²) in [6.07, 6.45) is 5.28. The van der Waals surface area contributed by atoms with Gasteiger partial charge in [0.2, 0.25) is 12.7 Å². The lowest BCUT2D eigenvalue weighted by atomic mass is 10.1. The summed E-state index contributed by atoms with van der Waals surface area (Å²) in [6.45, 7) is 2.84. The minimum Gasteiger partial charge on any atom is -0.454 e. The number of ether oxygens (including phenoxy) is 2. The zero-order chi connectivity index (χ0) is 16.5. The van der Waals surface area contributed by atoms with Gasteiger partial charge in [0.15, 0.2) is 11.5 Å². The number of fused-ring (bicyclic) bond motifs is 1. The van der Waals surface area contributed by atoms with Gasteiger partial charge < -0.3 is 18.9 Å². The molecule has 3 heterocycles. The van der Waals surface area contributed by atoms with Crippen LogP contribution in [0.5, 0.6) is 11.5 Å². The highest BCUT2D eigenvalue weighted by Gasteiger charge is 2.30. The summed E-state index contributed by atoms with van der Waals surface area (Å²) in [5.74, 6) is 2.19. The van der Waals surface area contributed by atoms with Crippen LogP contribution in [0.15, 0.2) is 34.9 Å². The highest BCUT2D eigenvalue weighted by atomic mass is 16.7. The third-order valence-corrected chi connectivity index (χ3v) is 4.34. The molecular formula is C18H18N2O4. The predicted molar refractivity (Wildman–Crippen MR) is 86.5 cm³/mol. The Balaban J connectivity index is 1.49. The standard InChI is InChI=1S/C18H18N2O4/c1-12-9-14(19-24-12)15-3-2-8-20(15)18(21)7-5-13-4-6-16-17(10-13)23-11-22-16/h4-7,9-10,15H,2-3,8,11H2,1H3/b7-5-/t15-/m1/s1. The second-order valence-electron chi connectivity index (χ2n) is 6.00. The van der Waals surface area contributed by atoms with Gasteiger partial charge in [0, 0.05) is 18.7 Å². The Kier molecular flexibility index (Phi) is 3.72. The van der Waals surface area contributed by atoms with Crippen molar-refractivity contribution in [3.63, 3.8) is 0 Å². The minimum atomic E-state index is -0.0178. The highest BCUT2D eigenvalue weighted by Crippen LogP contribution is 2.34. The van der Waals surface area contributed by atoms with Crippen molar-refractivity contribution in [1.29, 1.82) is 0 Å². The van der Waals surface area contributed by atoms with Crippen LogP contribution in [0.1, 0.15) is 35.9 Å². The fourth-order valence-electron chi connectivity index (χ4n) is 3.16. The molecule has 6 heteroatoms. The molecule has 0 radical (unpaired) electrons. The van der Waals surface area contributed by atoms with Crippen LogP contribution in [-0.2, 0) is 4.79 Å². The Labute approximate surface area is 139 Å². The maximum absolute atomic E-state index is 12.6. The molecule has 24 heavy (non-hydrogen) atoms. The molecule has 2 aromatic rings. The lowest BCUT2D eigenvalue weighted by Crippen LogP contribution is -2.29. The van der Waals surface area contributed by atoms with E-state index in [4.69, 9.17) is 14.0 Å². The number of likely N-dealkylation sites (tertiary alicyclic amines) is 1. The van der Waals surface area contributed by atoms with Gasteiger partial charge in [-0.15, -0.1) is 0 Å². The van der Waals surface area contributed by atoms with Crippen molar-refractivity contribution in [2.45, 2.75) is 25.8 Å². The molecule has 0 unspecified atom stereocenters. The van der Waals surface area contributed by atoms with Gasteiger partial charge in [-0.1, -0.05) is 11.2 Å². The second-order valence-corrected chi connectivity index (χ2v) is 6.00. The average molecular weight is 326 g/mol. The monoisotopic (exact) mass is 326 g/mol. The van der Waals surface area contributed by atoms with Crippen LogP contribution in [0.3, 0.4) is 0 Å². The van der Waals surface area contributed by atoms with E-state index in [0.29, 0.717) is 5.75 Å². The number of aromatic nitrogens is 1. The molecular weight excluding hydrogens is 308 g/mol. The van der Waals surface area contributed by atoms with Gasteiger partial charge in [-0.2, -0.15) is 0 Å². The largest absolute Gasteiger partial charge is 0.454 e. The van der Waals surface area contributed by atoms with Crippen LogP contribution in [-0.4, -0.2) is 29.3 Å². The molecule has 124 valence electrons. The van der Waals surface area contributed by atoms with E-state index in [-0.39, 0.29) is 18.7 Å². The van der Waals surface area contributed by atoms with E-state index in [1.165, 1.54) is 0 Å². The van der Waals surface area contributed by atoms with Gasteiger partial charge in [-0.05, 0) is 43.5 Å². The number of aryl methyl sites for hydroxylation is 1. The molecule has 0 spiro atoms. The fourth-order valence-corrected chi connectivity index (χ4v) is 3.16. The molecule has 1 aromatic carbocycles. The number of benzene rings is 1. The third-order valence-electron chi connectivity index (χ3n) is 4.34. The molecule has 1 atom stereocenters. The van der Waals surface area contributed by atoms with Gasteiger partial charge in [-0.25, -0.2) is 0 Å². The van der Waals surface area contributed by atoms with Gasteiger partial charge in [0.25, 0.3) is 0 Å². The highest BCUT2D eigenvalue weighted by molar-refractivity contribution is 5.92. The van der Waals surface area contributed by atoms with Crippen molar-refractivity contribution >= 4 is 12.0 Å². The molecule has 1 aromatic heterocycles.